The summed E-state index contributed by atoms with van der Waals surface area (Å²) in [5.74, 6) is -0.833. The minimum atomic E-state index is -0.833. The van der Waals surface area contributed by atoms with Crippen LogP contribution < -0.4 is 0 Å². The van der Waals surface area contributed by atoms with E-state index < -0.39 is 5.97 Å². The van der Waals surface area contributed by atoms with Crippen molar-refractivity contribution in [1.82, 2.24) is 4.37 Å². The first-order chi connectivity index (χ1) is 4.23. The number of hydrogen-bond donors (Lipinski definition) is 1. The Hall–Kier alpha value is -0.900. The Kier molecular flexibility index (Phi) is 4.72. The fourth-order valence-corrected chi connectivity index (χ4v) is 0.527. The van der Waals surface area contributed by atoms with Crippen LogP contribution in [-0.2, 0) is 4.79 Å². The second-order valence-electron chi connectivity index (χ2n) is 1.21. The summed E-state index contributed by atoms with van der Waals surface area (Å²) in [7, 11) is 0. The summed E-state index contributed by atoms with van der Waals surface area (Å²) in [5, 5.41) is 9.35. The molecule has 0 aliphatic carbocycles. The number of carboxylic acids is 1. The van der Waals surface area contributed by atoms with E-state index in [0.717, 1.165) is 6.92 Å². The first-order valence-corrected chi connectivity index (χ1v) is 3.11. The molecule has 4 heteroatoms. The van der Waals surface area contributed by atoms with Gasteiger partial charge in [-0.2, -0.15) is 0 Å². The quantitative estimate of drug-likeness (QED) is 0.597. The predicted molar refractivity (Wildman–Crippen MR) is 35.4 cm³/mol. The molecule has 0 saturated heterocycles. The lowest BCUT2D eigenvalue weighted by molar-refractivity contribution is -0.134. The van der Waals surface area contributed by atoms with E-state index in [4.69, 9.17) is 9.90 Å². The summed E-state index contributed by atoms with van der Waals surface area (Å²) in [4.78, 5) is 9.00. The van der Waals surface area contributed by atoms with Crippen molar-refractivity contribution in [2.75, 3.05) is 0 Å². The Bertz CT molecular complexity index is 129. The SMILES string of the molecule is CC(=O)O.c1cnsc1. The third kappa shape index (κ3) is 11.0. The third-order valence-electron chi connectivity index (χ3n) is 0.347. The van der Waals surface area contributed by atoms with Crippen LogP contribution in [0.3, 0.4) is 0 Å². The smallest absolute Gasteiger partial charge is 0.300 e. The zero-order chi connectivity index (χ0) is 7.11. The number of carbonyl (C=O) groups is 1. The van der Waals surface area contributed by atoms with E-state index in [-0.39, 0.29) is 0 Å². The second kappa shape index (κ2) is 5.24. The number of carboxylic acid groups (broad SMARTS) is 1. The van der Waals surface area contributed by atoms with Crippen LogP contribution in [-0.4, -0.2) is 15.4 Å². The van der Waals surface area contributed by atoms with Crippen LogP contribution in [0.5, 0.6) is 0 Å². The monoisotopic (exact) mass is 145 g/mol. The summed E-state index contributed by atoms with van der Waals surface area (Å²) in [6, 6.07) is 1.91. The lowest BCUT2D eigenvalue weighted by Crippen LogP contribution is -1.78. The molecule has 1 rings (SSSR count). The van der Waals surface area contributed by atoms with Gasteiger partial charge < -0.3 is 5.11 Å². The Morgan fingerprint density at radius 3 is 2.44 bits per heavy atom. The maximum absolute atomic E-state index is 9.00. The molecule has 0 spiro atoms. The summed E-state index contributed by atoms with van der Waals surface area (Å²) in [6.45, 7) is 1.08. The number of aromatic nitrogens is 1. The Labute approximate surface area is 57.1 Å². The van der Waals surface area contributed by atoms with Crippen molar-refractivity contribution < 1.29 is 9.90 Å². The van der Waals surface area contributed by atoms with E-state index in [2.05, 4.69) is 4.37 Å². The molecule has 0 radical (unpaired) electrons. The number of rotatable bonds is 0. The number of hydrogen-bond acceptors (Lipinski definition) is 3. The topological polar surface area (TPSA) is 50.2 Å². The average molecular weight is 145 g/mol. The van der Waals surface area contributed by atoms with Crippen molar-refractivity contribution in [1.29, 1.82) is 0 Å². The predicted octanol–water partition coefficient (Wildman–Crippen LogP) is 1.23. The standard InChI is InChI=1S/C3H3NS.C2H4O2/c1-2-4-5-3-1;1-2(3)4/h1-3H;1H3,(H,3,4). The van der Waals surface area contributed by atoms with Crippen molar-refractivity contribution in [3.63, 3.8) is 0 Å². The van der Waals surface area contributed by atoms with Crippen LogP contribution in [0.15, 0.2) is 17.6 Å². The van der Waals surface area contributed by atoms with Crippen LogP contribution in [0.25, 0.3) is 0 Å². The molecule has 0 saturated carbocycles. The maximum atomic E-state index is 9.00. The van der Waals surface area contributed by atoms with Gasteiger partial charge in [0.15, 0.2) is 0 Å². The summed E-state index contributed by atoms with van der Waals surface area (Å²) >= 11 is 1.46. The molecule has 50 valence electrons. The molecule has 0 aliphatic heterocycles. The molecule has 1 heterocycles. The van der Waals surface area contributed by atoms with Gasteiger partial charge in [0, 0.05) is 18.5 Å². The minimum absolute atomic E-state index is 0.833. The van der Waals surface area contributed by atoms with E-state index in [1.54, 1.807) is 6.20 Å². The molecule has 0 aromatic carbocycles. The highest BCUT2D eigenvalue weighted by Crippen LogP contribution is 1.83. The van der Waals surface area contributed by atoms with Gasteiger partial charge in [0.2, 0.25) is 0 Å². The van der Waals surface area contributed by atoms with Gasteiger partial charge in [-0.3, -0.25) is 4.79 Å². The Morgan fingerprint density at radius 2 is 2.33 bits per heavy atom. The molecule has 0 aliphatic rings. The van der Waals surface area contributed by atoms with E-state index >= 15 is 0 Å². The van der Waals surface area contributed by atoms with Gasteiger partial charge >= 0.3 is 0 Å². The van der Waals surface area contributed by atoms with Crippen LogP contribution in [0.1, 0.15) is 6.92 Å². The van der Waals surface area contributed by atoms with Crippen LogP contribution in [0, 0.1) is 0 Å². The van der Waals surface area contributed by atoms with Gasteiger partial charge in [-0.25, -0.2) is 4.37 Å². The van der Waals surface area contributed by atoms with Crippen molar-refractivity contribution >= 4 is 17.5 Å². The van der Waals surface area contributed by atoms with Crippen molar-refractivity contribution in [2.24, 2.45) is 0 Å². The van der Waals surface area contributed by atoms with Gasteiger partial charge in [-0.1, -0.05) is 0 Å². The van der Waals surface area contributed by atoms with Crippen LogP contribution >= 0.6 is 11.5 Å². The van der Waals surface area contributed by atoms with Crippen molar-refractivity contribution in [2.45, 2.75) is 6.92 Å². The third-order valence-corrected chi connectivity index (χ3v) is 0.869. The van der Waals surface area contributed by atoms with Gasteiger partial charge in [0.05, 0.1) is 0 Å². The number of nitrogens with zero attached hydrogens (tertiary/aromatic N) is 1. The molecule has 0 bridgehead atoms. The fourth-order valence-electron chi connectivity index (χ4n) is 0.176. The highest BCUT2D eigenvalue weighted by atomic mass is 32.1. The first kappa shape index (κ1) is 8.10. The van der Waals surface area contributed by atoms with E-state index in [1.165, 1.54) is 11.5 Å². The molecule has 9 heavy (non-hydrogen) atoms. The van der Waals surface area contributed by atoms with Crippen molar-refractivity contribution in [3.05, 3.63) is 17.6 Å². The molecule has 0 fully saturated rings. The van der Waals surface area contributed by atoms with Gasteiger partial charge in [-0.15, -0.1) is 0 Å². The molecule has 1 N–H and O–H groups in total. The van der Waals surface area contributed by atoms with E-state index in [9.17, 15) is 0 Å². The van der Waals surface area contributed by atoms with Crippen LogP contribution in [0.2, 0.25) is 0 Å². The van der Waals surface area contributed by atoms with Gasteiger partial charge in [0.1, 0.15) is 0 Å². The Morgan fingerprint density at radius 1 is 1.78 bits per heavy atom. The molecule has 0 atom stereocenters. The van der Waals surface area contributed by atoms with Crippen molar-refractivity contribution in [3.8, 4) is 0 Å². The summed E-state index contributed by atoms with van der Waals surface area (Å²) < 4.78 is 3.76. The largest absolute Gasteiger partial charge is 0.481 e. The molecule has 3 nitrogen and oxygen atoms in total. The molecule has 0 unspecified atom stereocenters. The van der Waals surface area contributed by atoms with Crippen LogP contribution in [0.4, 0.5) is 0 Å². The molecular formula is C5H7NO2S. The van der Waals surface area contributed by atoms with E-state index in [0.29, 0.717) is 0 Å². The van der Waals surface area contributed by atoms with Gasteiger partial charge in [-0.05, 0) is 17.6 Å². The fraction of sp³-hybridized carbons (Fsp3) is 0.200. The zero-order valence-electron chi connectivity index (χ0n) is 4.94. The zero-order valence-corrected chi connectivity index (χ0v) is 5.76. The second-order valence-corrected chi connectivity index (χ2v) is 1.90. The molecule has 1 aromatic rings. The summed E-state index contributed by atoms with van der Waals surface area (Å²) in [6.07, 6.45) is 1.77. The molecule has 0 amide bonds. The normalized spacial score (nSPS) is 7.22. The highest BCUT2D eigenvalue weighted by Gasteiger charge is 1.65. The lowest BCUT2D eigenvalue weighted by Gasteiger charge is -1.59. The lowest BCUT2D eigenvalue weighted by atomic mass is 10.8. The summed E-state index contributed by atoms with van der Waals surface area (Å²) in [5.41, 5.74) is 0. The minimum Gasteiger partial charge on any atom is -0.481 e. The number of aliphatic carboxylic acids is 1. The maximum Gasteiger partial charge on any atom is 0.300 e. The average Bonchev–Trinajstić information content (AvgIpc) is 2.11. The van der Waals surface area contributed by atoms with E-state index in [1.807, 2.05) is 11.4 Å². The molecule has 1 aromatic heterocycles. The first-order valence-electron chi connectivity index (χ1n) is 2.27. The highest BCUT2D eigenvalue weighted by molar-refractivity contribution is 7.03. The molecular weight excluding hydrogens is 138 g/mol. The van der Waals surface area contributed by atoms with Gasteiger partial charge in [0.25, 0.3) is 5.97 Å². The Balaban J connectivity index is 0.000000148.